The number of nitro benzene ring substituents is 1. The lowest BCUT2D eigenvalue weighted by Crippen LogP contribution is -2.22. The number of ether oxygens (including phenoxy) is 1. The highest BCUT2D eigenvalue weighted by molar-refractivity contribution is 9.10. The smallest absolute Gasteiger partial charge is 0.312 e. The molecule has 0 amide bonds. The maximum atomic E-state index is 13.0. The molecule has 0 unspecified atom stereocenters. The lowest BCUT2D eigenvalue weighted by Gasteiger charge is -2.09. The maximum Gasteiger partial charge on any atom is 0.312 e. The first-order valence-corrected chi connectivity index (χ1v) is 10.2. The lowest BCUT2D eigenvalue weighted by atomic mass is 10.2. The molecule has 1 aromatic heterocycles. The lowest BCUT2D eigenvalue weighted by molar-refractivity contribution is -0.385. The van der Waals surface area contributed by atoms with Crippen molar-refractivity contribution in [3.05, 3.63) is 71.1 Å². The molecular weight excluding hydrogens is 508 g/mol. The Kier molecular flexibility index (Phi) is 6.43. The fourth-order valence-electron chi connectivity index (χ4n) is 2.84. The highest BCUT2D eigenvalue weighted by Gasteiger charge is 2.19. The molecule has 10 heteroatoms. The van der Waals surface area contributed by atoms with Crippen molar-refractivity contribution in [2.45, 2.75) is 19.8 Å². The van der Waals surface area contributed by atoms with Crippen LogP contribution in [0.15, 0.2) is 49.2 Å². The summed E-state index contributed by atoms with van der Waals surface area (Å²) in [5.74, 6) is 0.638. The van der Waals surface area contributed by atoms with Crippen LogP contribution < -0.4 is 10.3 Å². The number of fused-ring (bicyclic) bond motifs is 1. The minimum absolute atomic E-state index is 0.119. The van der Waals surface area contributed by atoms with E-state index in [9.17, 15) is 14.9 Å². The summed E-state index contributed by atoms with van der Waals surface area (Å²) in [5.41, 5.74) is 0.520. The highest BCUT2D eigenvalue weighted by Crippen LogP contribution is 2.35. The number of nitrogens with zero attached hydrogens (tertiary/aromatic N) is 4. The number of halogens is 2. The molecule has 1 heterocycles. The van der Waals surface area contributed by atoms with Crippen LogP contribution in [0, 0.1) is 10.1 Å². The molecule has 0 aliphatic rings. The molecular formula is C19H16Br2N4O4. The number of aryl methyl sites for hydroxylation is 1. The molecule has 0 spiro atoms. The first-order chi connectivity index (χ1) is 13.8. The summed E-state index contributed by atoms with van der Waals surface area (Å²) in [6, 6.07) is 8.26. The van der Waals surface area contributed by atoms with Crippen LogP contribution in [0.1, 0.15) is 24.7 Å². The molecule has 3 aromatic rings. The fourth-order valence-corrected chi connectivity index (χ4v) is 3.83. The normalized spacial score (nSPS) is 11.3. The van der Waals surface area contributed by atoms with Crippen LogP contribution in [-0.2, 0) is 6.42 Å². The topological polar surface area (TPSA) is 99.6 Å². The average Bonchev–Trinajstić information content (AvgIpc) is 2.68. The van der Waals surface area contributed by atoms with E-state index in [1.165, 1.54) is 24.1 Å². The van der Waals surface area contributed by atoms with Gasteiger partial charge in [0.15, 0.2) is 0 Å². The molecule has 3 rings (SSSR count). The van der Waals surface area contributed by atoms with Gasteiger partial charge in [-0.25, -0.2) is 4.98 Å². The number of benzene rings is 2. The zero-order valence-electron chi connectivity index (χ0n) is 15.6. The quantitative estimate of drug-likeness (QED) is 0.265. The van der Waals surface area contributed by atoms with E-state index in [1.807, 2.05) is 13.0 Å². The van der Waals surface area contributed by atoms with Crippen LogP contribution in [0.4, 0.5) is 5.69 Å². The number of nitro groups is 1. The van der Waals surface area contributed by atoms with Gasteiger partial charge in [0.05, 0.1) is 33.6 Å². The standard InChI is InChI=1S/C19H16Br2N4O4/c1-3-4-17-23-15-6-5-12(20)9-13(15)19(26)24(17)22-10-11-7-14(21)18(29-2)16(8-11)25(27)28/h5-10H,3-4H2,1-2H3. The van der Waals surface area contributed by atoms with Crippen LogP contribution >= 0.6 is 31.9 Å². The van der Waals surface area contributed by atoms with Crippen LogP contribution in [0.3, 0.4) is 0 Å². The Balaban J connectivity index is 2.15. The molecule has 0 N–H and O–H groups in total. The van der Waals surface area contributed by atoms with E-state index in [4.69, 9.17) is 4.74 Å². The number of hydrogen-bond donors (Lipinski definition) is 0. The predicted molar refractivity (Wildman–Crippen MR) is 118 cm³/mol. The predicted octanol–water partition coefficient (Wildman–Crippen LogP) is 4.67. The summed E-state index contributed by atoms with van der Waals surface area (Å²) in [7, 11) is 1.36. The summed E-state index contributed by atoms with van der Waals surface area (Å²) >= 11 is 6.63. The Morgan fingerprint density at radius 2 is 2.07 bits per heavy atom. The van der Waals surface area contributed by atoms with E-state index in [0.717, 1.165) is 10.9 Å². The Hall–Kier alpha value is -2.59. The summed E-state index contributed by atoms with van der Waals surface area (Å²) in [4.78, 5) is 28.3. The van der Waals surface area contributed by atoms with Crippen molar-refractivity contribution < 1.29 is 9.66 Å². The minimum Gasteiger partial charge on any atom is -0.489 e. The number of rotatable bonds is 6. The third-order valence-electron chi connectivity index (χ3n) is 4.12. The van der Waals surface area contributed by atoms with Gasteiger partial charge >= 0.3 is 5.69 Å². The van der Waals surface area contributed by atoms with E-state index >= 15 is 0 Å². The molecule has 0 saturated heterocycles. The van der Waals surface area contributed by atoms with Gasteiger partial charge in [-0.1, -0.05) is 22.9 Å². The Labute approximate surface area is 182 Å². The average molecular weight is 524 g/mol. The maximum absolute atomic E-state index is 13.0. The number of aromatic nitrogens is 2. The van der Waals surface area contributed by atoms with Crippen LogP contribution in [0.25, 0.3) is 10.9 Å². The molecule has 0 fully saturated rings. The third-order valence-corrected chi connectivity index (χ3v) is 5.20. The van der Waals surface area contributed by atoms with Crippen molar-refractivity contribution in [1.29, 1.82) is 0 Å². The van der Waals surface area contributed by atoms with E-state index in [0.29, 0.717) is 33.2 Å². The van der Waals surface area contributed by atoms with Crippen molar-refractivity contribution in [3.63, 3.8) is 0 Å². The molecule has 0 radical (unpaired) electrons. The van der Waals surface area contributed by atoms with Gasteiger partial charge < -0.3 is 4.74 Å². The second-order valence-corrected chi connectivity index (χ2v) is 7.88. The van der Waals surface area contributed by atoms with Crippen molar-refractivity contribution >= 4 is 54.7 Å². The Bertz CT molecular complexity index is 1190. The van der Waals surface area contributed by atoms with Crippen LogP contribution in [0.5, 0.6) is 5.75 Å². The summed E-state index contributed by atoms with van der Waals surface area (Å²) in [5, 5.41) is 16.0. The van der Waals surface area contributed by atoms with Crippen LogP contribution in [-0.4, -0.2) is 27.9 Å². The third kappa shape index (κ3) is 4.38. The van der Waals surface area contributed by atoms with E-state index < -0.39 is 4.92 Å². The van der Waals surface area contributed by atoms with Gasteiger partial charge in [0.2, 0.25) is 5.75 Å². The van der Waals surface area contributed by atoms with Gasteiger partial charge in [-0.05, 0) is 46.6 Å². The van der Waals surface area contributed by atoms with Crippen molar-refractivity contribution in [2.75, 3.05) is 7.11 Å². The Morgan fingerprint density at radius 1 is 1.31 bits per heavy atom. The molecule has 0 atom stereocenters. The van der Waals surface area contributed by atoms with Gasteiger partial charge in [-0.15, -0.1) is 0 Å². The van der Waals surface area contributed by atoms with Gasteiger partial charge in [0.25, 0.3) is 5.56 Å². The van der Waals surface area contributed by atoms with Crippen molar-refractivity contribution in [1.82, 2.24) is 9.66 Å². The zero-order valence-corrected chi connectivity index (χ0v) is 18.7. The van der Waals surface area contributed by atoms with Crippen molar-refractivity contribution in [2.24, 2.45) is 5.10 Å². The molecule has 0 aliphatic heterocycles. The van der Waals surface area contributed by atoms with Gasteiger partial charge in [-0.2, -0.15) is 9.78 Å². The van der Waals surface area contributed by atoms with Gasteiger partial charge in [0.1, 0.15) is 5.82 Å². The first-order valence-electron chi connectivity index (χ1n) is 8.63. The molecule has 2 aromatic carbocycles. The largest absolute Gasteiger partial charge is 0.489 e. The first kappa shape index (κ1) is 21.1. The van der Waals surface area contributed by atoms with Crippen LogP contribution in [0.2, 0.25) is 0 Å². The fraction of sp³-hybridized carbons (Fsp3) is 0.211. The van der Waals surface area contributed by atoms with Gasteiger partial charge in [-0.3, -0.25) is 14.9 Å². The molecule has 8 nitrogen and oxygen atoms in total. The SMILES string of the molecule is CCCc1nc2ccc(Br)cc2c(=O)n1N=Cc1cc(Br)c(OC)c([N+](=O)[O-])c1. The number of hydrogen-bond acceptors (Lipinski definition) is 6. The van der Waals surface area contributed by atoms with E-state index in [1.54, 1.807) is 18.2 Å². The molecule has 29 heavy (non-hydrogen) atoms. The second-order valence-electron chi connectivity index (χ2n) is 6.11. The monoisotopic (exact) mass is 522 g/mol. The van der Waals surface area contributed by atoms with E-state index in [-0.39, 0.29) is 17.0 Å². The summed E-state index contributed by atoms with van der Waals surface area (Å²) < 4.78 is 7.50. The van der Waals surface area contributed by atoms with E-state index in [2.05, 4.69) is 41.9 Å². The minimum atomic E-state index is -0.537. The molecule has 0 saturated carbocycles. The highest BCUT2D eigenvalue weighted by atomic mass is 79.9. The summed E-state index contributed by atoms with van der Waals surface area (Å²) in [6.07, 6.45) is 2.73. The Morgan fingerprint density at radius 3 is 2.72 bits per heavy atom. The van der Waals surface area contributed by atoms with Gasteiger partial charge in [0, 0.05) is 22.5 Å². The summed E-state index contributed by atoms with van der Waals surface area (Å²) in [6.45, 7) is 1.98. The molecule has 0 bridgehead atoms. The molecule has 0 aliphatic carbocycles. The second kappa shape index (κ2) is 8.83. The molecule has 150 valence electrons. The van der Waals surface area contributed by atoms with Crippen molar-refractivity contribution in [3.8, 4) is 5.75 Å². The number of methoxy groups -OCH3 is 1. The zero-order chi connectivity index (χ0) is 21.1.